The minimum Gasteiger partial charge on any atom is -0.351 e. The summed E-state index contributed by atoms with van der Waals surface area (Å²) in [6, 6.07) is 5.26. The normalized spacial score (nSPS) is 11.1. The largest absolute Gasteiger partial charge is 0.351 e. The lowest BCUT2D eigenvalue weighted by Gasteiger charge is -2.11. The molecule has 0 saturated carbocycles. The Bertz CT molecular complexity index is 888. The molecule has 23 heavy (non-hydrogen) atoms. The average Bonchev–Trinajstić information content (AvgIpc) is 3.03. The number of carbonyl (C=O) groups excluding carboxylic acids is 1. The highest BCUT2D eigenvalue weighted by atomic mass is 79.9. The zero-order valence-electron chi connectivity index (χ0n) is 12.2. The molecule has 0 aliphatic rings. The number of amides is 1. The Hall–Kier alpha value is -1.73. The summed E-state index contributed by atoms with van der Waals surface area (Å²) in [5, 5.41) is 4.68. The zero-order valence-corrected chi connectivity index (χ0v) is 14.6. The second-order valence-electron chi connectivity index (χ2n) is 5.01. The highest BCUT2D eigenvalue weighted by Gasteiger charge is 2.19. The Labute approximate surface area is 144 Å². The highest BCUT2D eigenvalue weighted by molar-refractivity contribution is 9.10. The first-order valence-electron chi connectivity index (χ1n) is 6.99. The first-order valence-corrected chi connectivity index (χ1v) is 8.67. The van der Waals surface area contributed by atoms with Gasteiger partial charge < -0.3 is 9.88 Å². The molecule has 1 N–H and O–H groups in total. The Balaban J connectivity index is 2.11. The number of benzene rings is 1. The van der Waals surface area contributed by atoms with Crippen LogP contribution in [0.5, 0.6) is 0 Å². The van der Waals surface area contributed by atoms with Crippen LogP contribution in [0.3, 0.4) is 0 Å². The van der Waals surface area contributed by atoms with Gasteiger partial charge in [-0.1, -0.05) is 6.07 Å². The van der Waals surface area contributed by atoms with Crippen molar-refractivity contribution in [3.63, 3.8) is 0 Å². The molecule has 0 fully saturated rings. The summed E-state index contributed by atoms with van der Waals surface area (Å²) in [4.78, 5) is 12.3. The Morgan fingerprint density at radius 2 is 2.13 bits per heavy atom. The number of rotatable bonds is 4. The van der Waals surface area contributed by atoms with Crippen molar-refractivity contribution in [2.45, 2.75) is 13.5 Å². The molecule has 1 amide bonds. The predicted molar refractivity (Wildman–Crippen MR) is 91.0 cm³/mol. The second kappa shape index (κ2) is 6.41. The third-order valence-corrected chi connectivity index (χ3v) is 5.32. The number of hydrogen-bond donors (Lipinski definition) is 1. The van der Waals surface area contributed by atoms with Crippen molar-refractivity contribution in [3.8, 4) is 0 Å². The van der Waals surface area contributed by atoms with E-state index in [2.05, 4.69) is 21.2 Å². The molecule has 1 aromatic carbocycles. The van der Waals surface area contributed by atoms with Gasteiger partial charge in [-0.25, -0.2) is 8.78 Å². The van der Waals surface area contributed by atoms with Crippen LogP contribution >= 0.6 is 27.3 Å². The van der Waals surface area contributed by atoms with Gasteiger partial charge in [0.25, 0.3) is 5.91 Å². The van der Waals surface area contributed by atoms with E-state index in [0.717, 1.165) is 20.8 Å². The van der Waals surface area contributed by atoms with Crippen molar-refractivity contribution in [1.29, 1.82) is 0 Å². The fourth-order valence-corrected chi connectivity index (χ4v) is 4.15. The molecule has 0 aliphatic carbocycles. The number of thiophene rings is 1. The van der Waals surface area contributed by atoms with Crippen LogP contribution in [0.15, 0.2) is 34.1 Å². The van der Waals surface area contributed by atoms with Gasteiger partial charge in [-0.3, -0.25) is 4.79 Å². The maximum absolute atomic E-state index is 14.0. The van der Waals surface area contributed by atoms with E-state index >= 15 is 0 Å². The van der Waals surface area contributed by atoms with Crippen LogP contribution < -0.4 is 5.32 Å². The number of halogens is 3. The van der Waals surface area contributed by atoms with Gasteiger partial charge in [-0.05, 0) is 35.0 Å². The summed E-state index contributed by atoms with van der Waals surface area (Å²) in [6.07, 6.45) is 0. The summed E-state index contributed by atoms with van der Waals surface area (Å²) in [5.41, 5.74) is 1.62. The van der Waals surface area contributed by atoms with Crippen LogP contribution in [-0.4, -0.2) is 17.0 Å². The lowest BCUT2D eigenvalue weighted by atomic mass is 10.2. The number of aromatic nitrogens is 1. The molecule has 3 rings (SSSR count). The van der Waals surface area contributed by atoms with Crippen LogP contribution in [0.1, 0.15) is 23.0 Å². The molecule has 120 valence electrons. The third-order valence-electron chi connectivity index (χ3n) is 3.49. The molecule has 0 aliphatic heterocycles. The molecule has 0 saturated heterocycles. The predicted octanol–water partition coefficient (Wildman–Crippen LogP) is 4.54. The van der Waals surface area contributed by atoms with E-state index in [1.807, 2.05) is 12.3 Å². The van der Waals surface area contributed by atoms with E-state index < -0.39 is 11.6 Å². The molecule has 0 radical (unpaired) electrons. The highest BCUT2D eigenvalue weighted by Crippen LogP contribution is 2.34. The van der Waals surface area contributed by atoms with Gasteiger partial charge in [0, 0.05) is 23.6 Å². The van der Waals surface area contributed by atoms with Gasteiger partial charge in [-0.2, -0.15) is 0 Å². The molecule has 3 nitrogen and oxygen atoms in total. The molecule has 7 heteroatoms. The molecule has 3 aromatic rings. The first kappa shape index (κ1) is 16.1. The van der Waals surface area contributed by atoms with Crippen LogP contribution in [-0.2, 0) is 6.54 Å². The standard InChI is InChI=1S/C16H13BrF2N2OS/c1-2-20-16(22)13-6-14-15(11(17)8-23-14)21(13)7-9-3-4-10(18)5-12(9)19/h3-6,8H,2,7H2,1H3,(H,20,22). The molecule has 0 bridgehead atoms. The van der Waals surface area contributed by atoms with E-state index in [0.29, 0.717) is 17.8 Å². The van der Waals surface area contributed by atoms with Crippen molar-refractivity contribution in [2.75, 3.05) is 6.54 Å². The monoisotopic (exact) mass is 398 g/mol. The van der Waals surface area contributed by atoms with E-state index in [4.69, 9.17) is 0 Å². The van der Waals surface area contributed by atoms with Crippen LogP contribution in [0.2, 0.25) is 0 Å². The van der Waals surface area contributed by atoms with Gasteiger partial charge in [0.05, 0.1) is 21.2 Å². The molecule has 0 unspecified atom stereocenters. The van der Waals surface area contributed by atoms with Gasteiger partial charge in [0.1, 0.15) is 17.3 Å². The molecule has 2 aromatic heterocycles. The number of hydrogen-bond acceptors (Lipinski definition) is 2. The summed E-state index contributed by atoms with van der Waals surface area (Å²) < 4.78 is 30.6. The number of nitrogens with one attached hydrogen (secondary N) is 1. The van der Waals surface area contributed by atoms with Gasteiger partial charge in [-0.15, -0.1) is 11.3 Å². The van der Waals surface area contributed by atoms with E-state index in [1.54, 1.807) is 10.6 Å². The third kappa shape index (κ3) is 3.03. The van der Waals surface area contributed by atoms with Crippen molar-refractivity contribution >= 4 is 43.4 Å². The summed E-state index contributed by atoms with van der Waals surface area (Å²) in [5.74, 6) is -1.46. The van der Waals surface area contributed by atoms with Crippen molar-refractivity contribution in [1.82, 2.24) is 9.88 Å². The fraction of sp³-hybridized carbons (Fsp3) is 0.188. The molecular formula is C16H13BrF2N2OS. The zero-order chi connectivity index (χ0) is 16.6. The molecular weight excluding hydrogens is 386 g/mol. The number of carbonyl (C=O) groups is 1. The topological polar surface area (TPSA) is 34.0 Å². The number of fused-ring (bicyclic) bond motifs is 1. The fourth-order valence-electron chi connectivity index (χ4n) is 2.46. The molecule has 0 spiro atoms. The first-order chi connectivity index (χ1) is 11.0. The second-order valence-corrected chi connectivity index (χ2v) is 6.77. The lowest BCUT2D eigenvalue weighted by molar-refractivity contribution is 0.0947. The van der Waals surface area contributed by atoms with E-state index in [-0.39, 0.29) is 12.5 Å². The summed E-state index contributed by atoms with van der Waals surface area (Å²) >= 11 is 4.97. The molecule has 2 heterocycles. The minimum absolute atomic E-state index is 0.150. The van der Waals surface area contributed by atoms with Crippen LogP contribution in [0, 0.1) is 11.6 Å². The van der Waals surface area contributed by atoms with Gasteiger partial charge in [0.2, 0.25) is 0 Å². The van der Waals surface area contributed by atoms with Crippen molar-refractivity contribution in [3.05, 3.63) is 57.0 Å². The quantitative estimate of drug-likeness (QED) is 0.687. The molecule has 0 atom stereocenters. The minimum atomic E-state index is -0.625. The van der Waals surface area contributed by atoms with Crippen molar-refractivity contribution < 1.29 is 13.6 Å². The summed E-state index contributed by atoms with van der Waals surface area (Å²) in [6.45, 7) is 2.49. The Kier molecular flexibility index (Phi) is 4.50. The summed E-state index contributed by atoms with van der Waals surface area (Å²) in [7, 11) is 0. The van der Waals surface area contributed by atoms with Crippen molar-refractivity contribution in [2.24, 2.45) is 0 Å². The van der Waals surface area contributed by atoms with Gasteiger partial charge >= 0.3 is 0 Å². The SMILES string of the molecule is CCNC(=O)c1cc2scc(Br)c2n1Cc1ccc(F)cc1F. The average molecular weight is 399 g/mol. The van der Waals surface area contributed by atoms with Crippen LogP contribution in [0.25, 0.3) is 10.2 Å². The lowest BCUT2D eigenvalue weighted by Crippen LogP contribution is -2.25. The Morgan fingerprint density at radius 1 is 1.35 bits per heavy atom. The number of nitrogens with zero attached hydrogens (tertiary/aromatic N) is 1. The maximum atomic E-state index is 14.0. The Morgan fingerprint density at radius 3 is 2.83 bits per heavy atom. The smallest absolute Gasteiger partial charge is 0.267 e. The maximum Gasteiger partial charge on any atom is 0.267 e. The van der Waals surface area contributed by atoms with E-state index in [9.17, 15) is 13.6 Å². The van der Waals surface area contributed by atoms with Crippen LogP contribution in [0.4, 0.5) is 8.78 Å². The van der Waals surface area contributed by atoms with E-state index in [1.165, 1.54) is 23.5 Å². The van der Waals surface area contributed by atoms with Gasteiger partial charge in [0.15, 0.2) is 0 Å².